The van der Waals surface area contributed by atoms with Gasteiger partial charge in [0.25, 0.3) is 0 Å². The maximum Gasteiger partial charge on any atom is 0.302 e. The van der Waals surface area contributed by atoms with Gasteiger partial charge in [0.2, 0.25) is 5.91 Å². The lowest BCUT2D eigenvalue weighted by molar-refractivity contribution is -0.252. The summed E-state index contributed by atoms with van der Waals surface area (Å²) < 4.78 is 10.7. The topological polar surface area (TPSA) is 73.9 Å². The molecule has 1 aliphatic heterocycles. The van der Waals surface area contributed by atoms with Crippen LogP contribution in [0.25, 0.3) is 0 Å². The van der Waals surface area contributed by atoms with Crippen LogP contribution >= 0.6 is 0 Å². The molecule has 0 spiro atoms. The molecule has 1 amide bonds. The Morgan fingerprint density at radius 2 is 1.94 bits per heavy atom. The van der Waals surface area contributed by atoms with Gasteiger partial charge in [0.05, 0.1) is 6.10 Å². The van der Waals surface area contributed by atoms with Gasteiger partial charge in [-0.2, -0.15) is 0 Å². The van der Waals surface area contributed by atoms with E-state index in [1.807, 2.05) is 13.8 Å². The van der Waals surface area contributed by atoms with Crippen molar-refractivity contribution in [2.75, 3.05) is 0 Å². The minimum absolute atomic E-state index is 0.0936. The molecule has 1 aliphatic rings. The Kier molecular flexibility index (Phi) is 4.89. The van der Waals surface area contributed by atoms with Crippen molar-refractivity contribution >= 4 is 11.9 Å². The molecule has 17 heavy (non-hydrogen) atoms. The summed E-state index contributed by atoms with van der Waals surface area (Å²) in [7, 11) is 0. The van der Waals surface area contributed by atoms with E-state index in [2.05, 4.69) is 5.48 Å². The third kappa shape index (κ3) is 4.32. The molecule has 1 N–H and O–H groups in total. The fraction of sp³-hybridized carbons (Fsp3) is 0.818. The number of hydrogen-bond donors (Lipinski definition) is 1. The Morgan fingerprint density at radius 3 is 2.47 bits per heavy atom. The van der Waals surface area contributed by atoms with E-state index in [0.29, 0.717) is 6.42 Å². The second-order valence-corrected chi connectivity index (χ2v) is 4.29. The molecule has 4 atom stereocenters. The van der Waals surface area contributed by atoms with Gasteiger partial charge >= 0.3 is 5.97 Å². The predicted molar refractivity (Wildman–Crippen MR) is 58.6 cm³/mol. The Labute approximate surface area is 101 Å². The van der Waals surface area contributed by atoms with Crippen molar-refractivity contribution in [3.63, 3.8) is 0 Å². The quantitative estimate of drug-likeness (QED) is 0.587. The number of rotatable bonds is 3. The first-order chi connectivity index (χ1) is 7.90. The molecule has 0 saturated carbocycles. The maximum atomic E-state index is 11.0. The van der Waals surface area contributed by atoms with Crippen molar-refractivity contribution < 1.29 is 23.9 Å². The summed E-state index contributed by atoms with van der Waals surface area (Å²) in [6.45, 7) is 6.55. The van der Waals surface area contributed by atoms with Crippen LogP contribution in [0.3, 0.4) is 0 Å². The van der Waals surface area contributed by atoms with E-state index in [1.54, 1.807) is 0 Å². The smallest absolute Gasteiger partial charge is 0.302 e. The zero-order chi connectivity index (χ0) is 13.0. The van der Waals surface area contributed by atoms with Gasteiger partial charge in [-0.15, -0.1) is 0 Å². The van der Waals surface area contributed by atoms with E-state index in [-0.39, 0.29) is 30.0 Å². The highest BCUT2D eigenvalue weighted by Gasteiger charge is 2.36. The van der Waals surface area contributed by atoms with E-state index in [0.717, 1.165) is 0 Å². The average Bonchev–Trinajstić information content (AvgIpc) is 2.21. The molecule has 6 nitrogen and oxygen atoms in total. The first-order valence-electron chi connectivity index (χ1n) is 5.65. The molecular weight excluding hydrogens is 226 g/mol. The molecule has 0 unspecified atom stereocenters. The maximum absolute atomic E-state index is 11.0. The second-order valence-electron chi connectivity index (χ2n) is 4.29. The molecule has 1 fully saturated rings. The number of ether oxygens (including phenoxy) is 2. The Bertz CT molecular complexity index is 294. The van der Waals surface area contributed by atoms with Crippen LogP contribution in [0.15, 0.2) is 0 Å². The van der Waals surface area contributed by atoms with Crippen molar-refractivity contribution in [3.05, 3.63) is 0 Å². The van der Waals surface area contributed by atoms with E-state index >= 15 is 0 Å². The van der Waals surface area contributed by atoms with Gasteiger partial charge in [-0.05, 0) is 6.92 Å². The van der Waals surface area contributed by atoms with Gasteiger partial charge in [-0.1, -0.05) is 6.92 Å². The number of amides is 1. The monoisotopic (exact) mass is 245 g/mol. The van der Waals surface area contributed by atoms with Crippen LogP contribution in [0.4, 0.5) is 0 Å². The standard InChI is InChI=1S/C11H19NO5/c1-6-7(2)15-11(17-12-8(3)13)5-10(6)16-9(4)14/h6-7,10-11H,5H2,1-4H3,(H,12,13)/t6-,7+,10+,11+/m1/s1. The fourth-order valence-electron chi connectivity index (χ4n) is 1.72. The molecule has 0 aromatic rings. The zero-order valence-electron chi connectivity index (χ0n) is 10.6. The van der Waals surface area contributed by atoms with Crippen LogP contribution in [-0.4, -0.2) is 30.4 Å². The molecule has 1 heterocycles. The van der Waals surface area contributed by atoms with Gasteiger partial charge < -0.3 is 9.47 Å². The Balaban J connectivity index is 2.53. The summed E-state index contributed by atoms with van der Waals surface area (Å²) in [6, 6.07) is 0. The van der Waals surface area contributed by atoms with Crippen LogP contribution in [0.2, 0.25) is 0 Å². The Hall–Kier alpha value is -1.14. The number of esters is 1. The van der Waals surface area contributed by atoms with Crippen LogP contribution < -0.4 is 5.48 Å². The lowest BCUT2D eigenvalue weighted by atomic mass is 9.93. The summed E-state index contributed by atoms with van der Waals surface area (Å²) in [6.07, 6.45) is -0.540. The normalized spacial score (nSPS) is 32.9. The number of hydrogen-bond acceptors (Lipinski definition) is 5. The third-order valence-corrected chi connectivity index (χ3v) is 2.77. The van der Waals surface area contributed by atoms with Crippen LogP contribution in [0.1, 0.15) is 34.1 Å². The molecule has 0 aliphatic carbocycles. The molecule has 1 saturated heterocycles. The number of nitrogens with one attached hydrogen (secondary N) is 1. The van der Waals surface area contributed by atoms with Crippen molar-refractivity contribution in [2.24, 2.45) is 5.92 Å². The molecule has 6 heteroatoms. The average molecular weight is 245 g/mol. The minimum atomic E-state index is -0.588. The van der Waals surface area contributed by atoms with E-state index < -0.39 is 6.29 Å². The molecule has 98 valence electrons. The first kappa shape index (κ1) is 13.9. The van der Waals surface area contributed by atoms with E-state index in [1.165, 1.54) is 13.8 Å². The molecule has 0 radical (unpaired) electrons. The number of carbonyl (C=O) groups excluding carboxylic acids is 2. The van der Waals surface area contributed by atoms with Gasteiger partial charge in [0.1, 0.15) is 6.10 Å². The lowest BCUT2D eigenvalue weighted by Gasteiger charge is -2.37. The van der Waals surface area contributed by atoms with Crippen molar-refractivity contribution in [3.8, 4) is 0 Å². The zero-order valence-corrected chi connectivity index (χ0v) is 10.6. The van der Waals surface area contributed by atoms with Gasteiger partial charge in [-0.3, -0.25) is 9.59 Å². The number of carbonyl (C=O) groups is 2. The fourth-order valence-corrected chi connectivity index (χ4v) is 1.72. The van der Waals surface area contributed by atoms with Crippen LogP contribution in [-0.2, 0) is 23.9 Å². The molecule has 0 aromatic heterocycles. The minimum Gasteiger partial charge on any atom is -0.462 e. The summed E-state index contributed by atoms with van der Waals surface area (Å²) in [5.41, 5.74) is 2.22. The second kappa shape index (κ2) is 5.97. The summed E-state index contributed by atoms with van der Waals surface area (Å²) in [4.78, 5) is 26.7. The highest BCUT2D eigenvalue weighted by Crippen LogP contribution is 2.27. The summed E-state index contributed by atoms with van der Waals surface area (Å²) >= 11 is 0. The van der Waals surface area contributed by atoms with Gasteiger partial charge in [0, 0.05) is 26.2 Å². The van der Waals surface area contributed by atoms with Gasteiger partial charge in [-0.25, -0.2) is 10.3 Å². The molecule has 0 bridgehead atoms. The highest BCUT2D eigenvalue weighted by atomic mass is 16.8. The summed E-state index contributed by atoms with van der Waals surface area (Å²) in [5.74, 6) is -0.533. The predicted octanol–water partition coefficient (Wildman–Crippen LogP) is 0.757. The van der Waals surface area contributed by atoms with Crippen molar-refractivity contribution in [2.45, 2.75) is 52.6 Å². The third-order valence-electron chi connectivity index (χ3n) is 2.77. The van der Waals surface area contributed by atoms with E-state index in [9.17, 15) is 9.59 Å². The van der Waals surface area contributed by atoms with Gasteiger partial charge in [0.15, 0.2) is 6.29 Å². The molecular formula is C11H19NO5. The van der Waals surface area contributed by atoms with Crippen molar-refractivity contribution in [1.82, 2.24) is 5.48 Å². The highest BCUT2D eigenvalue weighted by molar-refractivity contribution is 5.71. The van der Waals surface area contributed by atoms with Crippen molar-refractivity contribution in [1.29, 1.82) is 0 Å². The Morgan fingerprint density at radius 1 is 1.29 bits per heavy atom. The summed E-state index contributed by atoms with van der Waals surface area (Å²) in [5, 5.41) is 0. The molecule has 1 rings (SSSR count). The first-order valence-corrected chi connectivity index (χ1v) is 5.65. The number of hydroxylamine groups is 1. The van der Waals surface area contributed by atoms with E-state index in [4.69, 9.17) is 14.3 Å². The SMILES string of the molecule is CC(=O)NO[C@H]1C[C@H](OC(C)=O)[C@H](C)[C@H](C)O1. The van der Waals surface area contributed by atoms with Crippen LogP contribution in [0, 0.1) is 5.92 Å². The lowest BCUT2D eigenvalue weighted by Crippen LogP contribution is -2.46. The van der Waals surface area contributed by atoms with Crippen LogP contribution in [0.5, 0.6) is 0 Å². The largest absolute Gasteiger partial charge is 0.462 e. The molecule has 0 aromatic carbocycles.